The number of sulfonamides is 1. The largest absolute Gasteiger partial charge is 0.497 e. The van der Waals surface area contributed by atoms with Gasteiger partial charge in [0.1, 0.15) is 22.2 Å². The number of fused-ring (bicyclic) bond motifs is 1. The van der Waals surface area contributed by atoms with Crippen LogP contribution in [-0.2, 0) is 22.9 Å². The van der Waals surface area contributed by atoms with Crippen molar-refractivity contribution in [2.24, 2.45) is 0 Å². The molecule has 8 heteroatoms. The summed E-state index contributed by atoms with van der Waals surface area (Å²) in [7, 11) is -0.746. The second-order valence-electron chi connectivity index (χ2n) is 6.01. The Kier molecular flexibility index (Phi) is 5.63. The van der Waals surface area contributed by atoms with Crippen LogP contribution in [-0.4, -0.2) is 40.7 Å². The van der Waals surface area contributed by atoms with Gasteiger partial charge in [-0.15, -0.1) is 0 Å². The van der Waals surface area contributed by atoms with Gasteiger partial charge in [0.15, 0.2) is 0 Å². The SMILES string of the molecule is COc1ccc(S(=O)(=O)NCCc2ccc3c(n2)NCCC3)c(OC)c1. The number of aryl methyl sites for hydroxylation is 1. The molecule has 0 fully saturated rings. The number of ether oxygens (including phenoxy) is 2. The van der Waals surface area contributed by atoms with E-state index in [0.29, 0.717) is 12.2 Å². The molecule has 140 valence electrons. The van der Waals surface area contributed by atoms with E-state index in [1.165, 1.54) is 25.8 Å². The quantitative estimate of drug-likeness (QED) is 0.767. The first kappa shape index (κ1) is 18.5. The lowest BCUT2D eigenvalue weighted by molar-refractivity contribution is 0.386. The lowest BCUT2D eigenvalue weighted by Gasteiger charge is -2.17. The summed E-state index contributed by atoms with van der Waals surface area (Å²) in [6.45, 7) is 1.18. The van der Waals surface area contributed by atoms with Gasteiger partial charge in [0.05, 0.1) is 14.2 Å². The summed E-state index contributed by atoms with van der Waals surface area (Å²) in [5.41, 5.74) is 2.06. The van der Waals surface area contributed by atoms with Crippen LogP contribution in [0.5, 0.6) is 11.5 Å². The topological polar surface area (TPSA) is 89.6 Å². The van der Waals surface area contributed by atoms with Gasteiger partial charge in [0.2, 0.25) is 10.0 Å². The van der Waals surface area contributed by atoms with E-state index in [4.69, 9.17) is 9.47 Å². The monoisotopic (exact) mass is 377 g/mol. The van der Waals surface area contributed by atoms with E-state index >= 15 is 0 Å². The van der Waals surface area contributed by atoms with E-state index in [0.717, 1.165) is 30.9 Å². The first-order chi connectivity index (χ1) is 12.5. The zero-order valence-corrected chi connectivity index (χ0v) is 15.7. The Bertz CT molecular complexity index is 884. The highest BCUT2D eigenvalue weighted by atomic mass is 32.2. The van der Waals surface area contributed by atoms with Crippen molar-refractivity contribution in [3.63, 3.8) is 0 Å². The number of pyridine rings is 1. The second kappa shape index (κ2) is 7.92. The number of hydrogen-bond donors (Lipinski definition) is 2. The number of nitrogens with one attached hydrogen (secondary N) is 2. The van der Waals surface area contributed by atoms with Gasteiger partial charge in [-0.2, -0.15) is 0 Å². The Morgan fingerprint density at radius 3 is 2.81 bits per heavy atom. The molecule has 0 saturated carbocycles. The molecular weight excluding hydrogens is 354 g/mol. The van der Waals surface area contributed by atoms with Crippen LogP contribution in [0.15, 0.2) is 35.2 Å². The van der Waals surface area contributed by atoms with Crippen LogP contribution in [0, 0.1) is 0 Å². The molecule has 0 atom stereocenters. The number of methoxy groups -OCH3 is 2. The molecule has 0 spiro atoms. The Labute approximate surface area is 153 Å². The third-order valence-electron chi connectivity index (χ3n) is 4.29. The van der Waals surface area contributed by atoms with E-state index < -0.39 is 10.0 Å². The number of nitrogens with zero attached hydrogens (tertiary/aromatic N) is 1. The fourth-order valence-electron chi connectivity index (χ4n) is 2.90. The zero-order chi connectivity index (χ0) is 18.6. The number of aromatic nitrogens is 1. The Morgan fingerprint density at radius 1 is 1.19 bits per heavy atom. The predicted molar refractivity (Wildman–Crippen MR) is 99.5 cm³/mol. The van der Waals surface area contributed by atoms with Crippen molar-refractivity contribution in [2.45, 2.75) is 24.2 Å². The zero-order valence-electron chi connectivity index (χ0n) is 14.9. The second-order valence-corrected chi connectivity index (χ2v) is 7.74. The summed E-state index contributed by atoms with van der Waals surface area (Å²) >= 11 is 0. The number of hydrogen-bond acceptors (Lipinski definition) is 6. The number of benzene rings is 1. The Balaban J connectivity index is 1.67. The molecule has 1 aromatic carbocycles. The summed E-state index contributed by atoms with van der Waals surface area (Å²) in [4.78, 5) is 4.66. The minimum atomic E-state index is -3.69. The minimum absolute atomic E-state index is 0.0841. The Morgan fingerprint density at radius 2 is 2.04 bits per heavy atom. The average Bonchev–Trinajstić information content (AvgIpc) is 2.67. The van der Waals surface area contributed by atoms with Crippen LogP contribution >= 0.6 is 0 Å². The third kappa shape index (κ3) is 4.08. The predicted octanol–water partition coefficient (Wildman–Crippen LogP) is 1.98. The summed E-state index contributed by atoms with van der Waals surface area (Å²) in [6.07, 6.45) is 2.64. The summed E-state index contributed by atoms with van der Waals surface area (Å²) in [6, 6.07) is 8.62. The van der Waals surface area contributed by atoms with Crippen molar-refractivity contribution in [1.82, 2.24) is 9.71 Å². The fraction of sp³-hybridized carbons (Fsp3) is 0.389. The number of rotatable bonds is 7. The molecule has 0 amide bonds. The molecule has 7 nitrogen and oxygen atoms in total. The van der Waals surface area contributed by atoms with Crippen LogP contribution < -0.4 is 19.5 Å². The lowest BCUT2D eigenvalue weighted by Crippen LogP contribution is -2.26. The summed E-state index contributed by atoms with van der Waals surface area (Å²) < 4.78 is 38.0. The molecule has 0 saturated heterocycles. The summed E-state index contributed by atoms with van der Waals surface area (Å²) in [5.74, 6) is 1.69. The maximum atomic E-state index is 12.6. The van der Waals surface area contributed by atoms with Gasteiger partial charge in [-0.3, -0.25) is 0 Å². The van der Waals surface area contributed by atoms with Crippen LogP contribution in [0.1, 0.15) is 17.7 Å². The van der Waals surface area contributed by atoms with Crippen molar-refractivity contribution in [1.29, 1.82) is 0 Å². The van der Waals surface area contributed by atoms with Gasteiger partial charge in [-0.1, -0.05) is 6.07 Å². The highest BCUT2D eigenvalue weighted by Crippen LogP contribution is 2.28. The van der Waals surface area contributed by atoms with Gasteiger partial charge in [0.25, 0.3) is 0 Å². The van der Waals surface area contributed by atoms with E-state index in [1.807, 2.05) is 6.07 Å². The van der Waals surface area contributed by atoms with Crippen molar-refractivity contribution in [3.05, 3.63) is 41.6 Å². The average molecular weight is 377 g/mol. The fourth-order valence-corrected chi connectivity index (χ4v) is 4.08. The maximum absolute atomic E-state index is 12.6. The molecule has 0 aliphatic carbocycles. The van der Waals surface area contributed by atoms with E-state index in [-0.39, 0.29) is 17.2 Å². The van der Waals surface area contributed by atoms with Crippen LogP contribution in [0.25, 0.3) is 0 Å². The van der Waals surface area contributed by atoms with E-state index in [9.17, 15) is 8.42 Å². The number of anilines is 1. The van der Waals surface area contributed by atoms with Crippen LogP contribution in [0.3, 0.4) is 0 Å². The van der Waals surface area contributed by atoms with E-state index in [2.05, 4.69) is 21.1 Å². The first-order valence-corrected chi connectivity index (χ1v) is 9.96. The molecule has 2 heterocycles. The molecule has 3 rings (SSSR count). The van der Waals surface area contributed by atoms with Gasteiger partial charge in [0, 0.05) is 31.3 Å². The molecular formula is C18H23N3O4S. The van der Waals surface area contributed by atoms with Crippen LogP contribution in [0.4, 0.5) is 5.82 Å². The molecule has 1 aliphatic heterocycles. The van der Waals surface area contributed by atoms with Gasteiger partial charge >= 0.3 is 0 Å². The van der Waals surface area contributed by atoms with E-state index in [1.54, 1.807) is 12.1 Å². The van der Waals surface area contributed by atoms with Gasteiger partial charge in [-0.05, 0) is 36.6 Å². The molecule has 1 aliphatic rings. The van der Waals surface area contributed by atoms with Crippen molar-refractivity contribution >= 4 is 15.8 Å². The molecule has 26 heavy (non-hydrogen) atoms. The molecule has 0 radical (unpaired) electrons. The van der Waals surface area contributed by atoms with Crippen LogP contribution in [0.2, 0.25) is 0 Å². The van der Waals surface area contributed by atoms with Gasteiger partial charge in [-0.25, -0.2) is 18.1 Å². The smallest absolute Gasteiger partial charge is 0.244 e. The highest BCUT2D eigenvalue weighted by Gasteiger charge is 2.20. The van der Waals surface area contributed by atoms with Crippen molar-refractivity contribution in [2.75, 3.05) is 32.6 Å². The summed E-state index contributed by atoms with van der Waals surface area (Å²) in [5, 5.41) is 3.28. The van der Waals surface area contributed by atoms with Crippen molar-refractivity contribution < 1.29 is 17.9 Å². The van der Waals surface area contributed by atoms with Gasteiger partial charge < -0.3 is 14.8 Å². The molecule has 2 aromatic rings. The minimum Gasteiger partial charge on any atom is -0.497 e. The van der Waals surface area contributed by atoms with Crippen molar-refractivity contribution in [3.8, 4) is 11.5 Å². The molecule has 1 aromatic heterocycles. The Hall–Kier alpha value is -2.32. The molecule has 2 N–H and O–H groups in total. The molecule has 0 bridgehead atoms. The molecule has 0 unspecified atom stereocenters. The third-order valence-corrected chi connectivity index (χ3v) is 5.79. The normalized spacial score (nSPS) is 13.6. The highest BCUT2D eigenvalue weighted by molar-refractivity contribution is 7.89. The standard InChI is InChI=1S/C18H23N3O4S/c1-24-15-7-8-17(16(12-15)25-2)26(22,23)20-11-9-14-6-5-13-4-3-10-19-18(13)21-14/h5-8,12,20H,3-4,9-11H2,1-2H3,(H,19,21). The maximum Gasteiger partial charge on any atom is 0.244 e. The first-order valence-electron chi connectivity index (χ1n) is 8.48. The lowest BCUT2D eigenvalue weighted by atomic mass is 10.1.